The molecule has 0 radical (unpaired) electrons. The van der Waals surface area contributed by atoms with Crippen LogP contribution in [0.5, 0.6) is 0 Å². The average molecular weight is 455 g/mol. The van der Waals surface area contributed by atoms with E-state index in [1.807, 2.05) is 30.3 Å². The Kier molecular flexibility index (Phi) is 6.69. The van der Waals surface area contributed by atoms with Gasteiger partial charge in [-0.05, 0) is 35.7 Å². The first kappa shape index (κ1) is 22.2. The number of morpholine rings is 1. The van der Waals surface area contributed by atoms with E-state index in [1.54, 1.807) is 41.4 Å². The number of imidazole rings is 1. The van der Waals surface area contributed by atoms with E-state index in [4.69, 9.17) is 4.74 Å². The van der Waals surface area contributed by atoms with Gasteiger partial charge in [0, 0.05) is 31.5 Å². The topological polar surface area (TPSA) is 93.5 Å². The number of rotatable bonds is 7. The maximum atomic E-state index is 12.8. The highest BCUT2D eigenvalue weighted by Crippen LogP contribution is 2.19. The lowest BCUT2D eigenvalue weighted by Crippen LogP contribution is -2.40. The third-order valence-electron chi connectivity index (χ3n) is 5.50. The molecule has 1 fully saturated rings. The normalized spacial score (nSPS) is 15.9. The maximum absolute atomic E-state index is 12.8. The molecule has 1 saturated heterocycles. The van der Waals surface area contributed by atoms with Crippen molar-refractivity contribution in [2.24, 2.45) is 0 Å². The van der Waals surface area contributed by atoms with Crippen LogP contribution >= 0.6 is 0 Å². The minimum Gasteiger partial charge on any atom is -0.379 e. The quantitative estimate of drug-likeness (QED) is 0.592. The van der Waals surface area contributed by atoms with Gasteiger partial charge in [0.1, 0.15) is 12.0 Å². The van der Waals surface area contributed by atoms with Gasteiger partial charge >= 0.3 is 0 Å². The van der Waals surface area contributed by atoms with Crippen LogP contribution in [0.15, 0.2) is 72.0 Å². The number of carbonyl (C=O) groups is 1. The number of nitrogens with one attached hydrogen (secondary N) is 1. The van der Waals surface area contributed by atoms with Gasteiger partial charge in [0.15, 0.2) is 0 Å². The zero-order valence-electron chi connectivity index (χ0n) is 17.8. The lowest BCUT2D eigenvalue weighted by molar-refractivity contribution is 0.0730. The number of ether oxygens (including phenoxy) is 1. The second-order valence-corrected chi connectivity index (χ2v) is 9.64. The summed E-state index contributed by atoms with van der Waals surface area (Å²) in [5.74, 6) is -0.0683. The lowest BCUT2D eigenvalue weighted by atomic mass is 10.0. The number of carbonyl (C=O) groups excluding carboxylic acids is 1. The molecular formula is C23H26N4O4S. The zero-order valence-corrected chi connectivity index (χ0v) is 18.7. The van der Waals surface area contributed by atoms with Gasteiger partial charge in [0.05, 0.1) is 18.1 Å². The molecule has 2 aromatic carbocycles. The van der Waals surface area contributed by atoms with Crippen LogP contribution in [0, 0.1) is 0 Å². The third kappa shape index (κ3) is 4.90. The monoisotopic (exact) mass is 454 g/mol. The highest BCUT2D eigenvalue weighted by molar-refractivity contribution is 7.89. The van der Waals surface area contributed by atoms with Gasteiger partial charge < -0.3 is 14.6 Å². The molecule has 9 heteroatoms. The molecule has 1 amide bonds. The summed E-state index contributed by atoms with van der Waals surface area (Å²) in [4.78, 5) is 16.9. The van der Waals surface area contributed by atoms with Crippen molar-refractivity contribution in [1.29, 1.82) is 0 Å². The molecular weight excluding hydrogens is 428 g/mol. The summed E-state index contributed by atoms with van der Waals surface area (Å²) >= 11 is 0. The van der Waals surface area contributed by atoms with E-state index in [1.165, 1.54) is 4.31 Å². The Labute approximate surface area is 187 Å². The Balaban J connectivity index is 1.40. The molecule has 168 valence electrons. The fourth-order valence-corrected chi connectivity index (χ4v) is 4.95. The van der Waals surface area contributed by atoms with Crippen LogP contribution in [-0.2, 0) is 14.8 Å². The van der Waals surface area contributed by atoms with Crippen molar-refractivity contribution in [3.05, 3.63) is 78.4 Å². The van der Waals surface area contributed by atoms with Crippen molar-refractivity contribution in [2.75, 3.05) is 32.8 Å². The van der Waals surface area contributed by atoms with E-state index < -0.39 is 10.0 Å². The molecule has 0 saturated carbocycles. The van der Waals surface area contributed by atoms with Crippen LogP contribution in [0.4, 0.5) is 0 Å². The number of hydrogen-bond acceptors (Lipinski definition) is 5. The largest absolute Gasteiger partial charge is 0.379 e. The lowest BCUT2D eigenvalue weighted by Gasteiger charge is -2.26. The molecule has 32 heavy (non-hydrogen) atoms. The number of benzene rings is 2. The summed E-state index contributed by atoms with van der Waals surface area (Å²) in [6.07, 6.45) is 3.18. The number of amides is 1. The first-order chi connectivity index (χ1) is 15.4. The van der Waals surface area contributed by atoms with Gasteiger partial charge in [-0.2, -0.15) is 4.31 Å². The van der Waals surface area contributed by atoms with Gasteiger partial charge in [0.25, 0.3) is 5.91 Å². The van der Waals surface area contributed by atoms with Crippen LogP contribution in [-0.4, -0.2) is 61.0 Å². The van der Waals surface area contributed by atoms with Gasteiger partial charge in [-0.25, -0.2) is 13.4 Å². The molecule has 1 aromatic heterocycles. The van der Waals surface area contributed by atoms with Crippen LogP contribution in [0.3, 0.4) is 0 Å². The fourth-order valence-electron chi connectivity index (χ4n) is 3.54. The van der Waals surface area contributed by atoms with Crippen LogP contribution in [0.2, 0.25) is 0 Å². The van der Waals surface area contributed by atoms with E-state index in [-0.39, 0.29) is 16.7 Å². The number of aromatic nitrogens is 2. The smallest absolute Gasteiger partial charge is 0.271 e. The molecule has 0 aliphatic carbocycles. The summed E-state index contributed by atoms with van der Waals surface area (Å²) in [5.41, 5.74) is 2.18. The number of sulfonamides is 1. The van der Waals surface area contributed by atoms with Crippen molar-refractivity contribution in [1.82, 2.24) is 19.2 Å². The SMILES string of the molecule is C[C@@H](CNC(=O)c1cn(-c2ccc(S(=O)(=O)N3CCOCC3)cc2)cn1)c1ccccc1. The van der Waals surface area contributed by atoms with Crippen LogP contribution < -0.4 is 5.32 Å². The van der Waals surface area contributed by atoms with Crippen molar-refractivity contribution in [3.63, 3.8) is 0 Å². The number of hydrogen-bond donors (Lipinski definition) is 1. The predicted octanol–water partition coefficient (Wildman–Crippen LogP) is 2.43. The van der Waals surface area contributed by atoms with E-state index in [9.17, 15) is 13.2 Å². The van der Waals surface area contributed by atoms with Crippen molar-refractivity contribution < 1.29 is 17.9 Å². The molecule has 0 unspecified atom stereocenters. The predicted molar refractivity (Wildman–Crippen MR) is 120 cm³/mol. The third-order valence-corrected chi connectivity index (χ3v) is 7.41. The first-order valence-electron chi connectivity index (χ1n) is 10.5. The van der Waals surface area contributed by atoms with Gasteiger partial charge in [-0.3, -0.25) is 4.79 Å². The molecule has 0 spiro atoms. The molecule has 0 bridgehead atoms. The minimum atomic E-state index is -3.54. The molecule has 1 N–H and O–H groups in total. The van der Waals surface area contributed by atoms with E-state index >= 15 is 0 Å². The van der Waals surface area contributed by atoms with Crippen molar-refractivity contribution in [2.45, 2.75) is 17.7 Å². The standard InChI is InChI=1S/C23H26N4O4S/c1-18(19-5-3-2-4-6-19)15-24-23(28)22-16-26(17-25-22)20-7-9-21(10-8-20)32(29,30)27-11-13-31-14-12-27/h2-10,16-18H,11-15H2,1H3,(H,24,28)/t18-/m0/s1. The van der Waals surface area contributed by atoms with Crippen LogP contribution in [0.1, 0.15) is 28.9 Å². The molecule has 1 aliphatic heterocycles. The van der Waals surface area contributed by atoms with Crippen molar-refractivity contribution >= 4 is 15.9 Å². The summed E-state index contributed by atoms with van der Waals surface area (Å²) < 4.78 is 33.9. The molecule has 8 nitrogen and oxygen atoms in total. The molecule has 2 heterocycles. The second kappa shape index (κ2) is 9.64. The molecule has 4 rings (SSSR count). The highest BCUT2D eigenvalue weighted by atomic mass is 32.2. The Morgan fingerprint density at radius 2 is 1.78 bits per heavy atom. The number of nitrogens with zero attached hydrogens (tertiary/aromatic N) is 3. The molecule has 1 atom stereocenters. The fraction of sp³-hybridized carbons (Fsp3) is 0.304. The minimum absolute atomic E-state index is 0.184. The van der Waals surface area contributed by atoms with Crippen molar-refractivity contribution in [3.8, 4) is 5.69 Å². The average Bonchev–Trinajstić information content (AvgIpc) is 3.34. The Morgan fingerprint density at radius 3 is 2.47 bits per heavy atom. The van der Waals surface area contributed by atoms with E-state index in [2.05, 4.69) is 17.2 Å². The first-order valence-corrected chi connectivity index (χ1v) is 11.9. The van der Waals surface area contributed by atoms with Gasteiger partial charge in [-0.1, -0.05) is 37.3 Å². The summed E-state index contributed by atoms with van der Waals surface area (Å²) in [5, 5.41) is 2.92. The summed E-state index contributed by atoms with van der Waals surface area (Å²) in [6.45, 7) is 4.08. The highest BCUT2D eigenvalue weighted by Gasteiger charge is 2.26. The van der Waals surface area contributed by atoms with Gasteiger partial charge in [0.2, 0.25) is 10.0 Å². The maximum Gasteiger partial charge on any atom is 0.271 e. The summed E-state index contributed by atoms with van der Waals surface area (Å²) in [6, 6.07) is 16.5. The second-order valence-electron chi connectivity index (χ2n) is 7.70. The molecule has 1 aliphatic rings. The van der Waals surface area contributed by atoms with E-state index in [0.29, 0.717) is 38.5 Å². The van der Waals surface area contributed by atoms with Gasteiger partial charge in [-0.15, -0.1) is 0 Å². The summed E-state index contributed by atoms with van der Waals surface area (Å²) in [7, 11) is -3.54. The Bertz CT molecular complexity index is 1150. The molecule has 3 aromatic rings. The zero-order chi connectivity index (χ0) is 22.6. The van der Waals surface area contributed by atoms with Crippen LogP contribution in [0.25, 0.3) is 5.69 Å². The Morgan fingerprint density at radius 1 is 1.09 bits per heavy atom. The van der Waals surface area contributed by atoms with E-state index in [0.717, 1.165) is 11.3 Å². The Hall–Kier alpha value is -3.01.